The summed E-state index contributed by atoms with van der Waals surface area (Å²) in [5.41, 5.74) is 5.18. The van der Waals surface area contributed by atoms with Crippen LogP contribution in [0.25, 0.3) is 76.8 Å². The summed E-state index contributed by atoms with van der Waals surface area (Å²) in [6, 6.07) is 53.6. The molecule has 0 heterocycles. The van der Waals surface area contributed by atoms with Crippen LogP contribution in [0, 0.1) is 0 Å². The van der Waals surface area contributed by atoms with E-state index in [2.05, 4.69) is 36.4 Å². The van der Waals surface area contributed by atoms with Gasteiger partial charge in [0, 0.05) is 17.1 Å². The SMILES string of the molecule is [2H]c1c([2H])c(N(c2ccc(-c3cccc(-c4cccc5ccccc45)c3)cc2)c2c([2H])c([2H])c(-c3cc4ccccc4c4ccccc34)c([2H])c2[2H])c([2H])c([2H])c1-c1ccccc1. The van der Waals surface area contributed by atoms with Crippen LogP contribution < -0.4 is 4.90 Å². The average molecular weight is 708 g/mol. The molecule has 0 atom stereocenters. The summed E-state index contributed by atoms with van der Waals surface area (Å²) >= 11 is 0. The number of benzene rings is 10. The lowest BCUT2D eigenvalue weighted by atomic mass is 9.93. The Kier molecular flexibility index (Phi) is 6.33. The molecule has 0 aliphatic rings. The van der Waals surface area contributed by atoms with Crippen molar-refractivity contribution in [2.75, 3.05) is 4.90 Å². The fourth-order valence-corrected chi connectivity index (χ4v) is 7.50. The minimum Gasteiger partial charge on any atom is -0.311 e. The van der Waals surface area contributed by atoms with E-state index in [1.165, 1.54) is 4.90 Å². The van der Waals surface area contributed by atoms with Crippen molar-refractivity contribution in [1.29, 1.82) is 0 Å². The fraction of sp³-hybridized carbons (Fsp3) is 0. The lowest BCUT2D eigenvalue weighted by molar-refractivity contribution is 1.28. The van der Waals surface area contributed by atoms with E-state index in [9.17, 15) is 11.0 Å². The van der Waals surface area contributed by atoms with E-state index in [0.717, 1.165) is 54.6 Å². The topological polar surface area (TPSA) is 3.24 Å². The highest BCUT2D eigenvalue weighted by Gasteiger charge is 2.15. The van der Waals surface area contributed by atoms with Crippen molar-refractivity contribution >= 4 is 49.4 Å². The van der Waals surface area contributed by atoms with Crippen molar-refractivity contribution in [3.8, 4) is 44.5 Å². The van der Waals surface area contributed by atoms with E-state index in [-0.39, 0.29) is 70.8 Å². The minimum absolute atomic E-state index is 0.119. The molecule has 0 aliphatic carbocycles. The number of nitrogens with zero attached hydrogens (tertiary/aromatic N) is 1. The van der Waals surface area contributed by atoms with Gasteiger partial charge in [-0.1, -0.05) is 176 Å². The van der Waals surface area contributed by atoms with Gasteiger partial charge in [-0.25, -0.2) is 0 Å². The normalized spacial score (nSPS) is 13.3. The molecule has 10 aromatic carbocycles. The molecule has 10 rings (SSSR count). The van der Waals surface area contributed by atoms with Gasteiger partial charge >= 0.3 is 0 Å². The molecular weight excluding hydrogens is 663 g/mol. The Labute approximate surface area is 333 Å². The molecule has 0 amide bonds. The van der Waals surface area contributed by atoms with Crippen molar-refractivity contribution in [3.63, 3.8) is 0 Å². The van der Waals surface area contributed by atoms with Gasteiger partial charge in [-0.15, -0.1) is 0 Å². The monoisotopic (exact) mass is 707 g/mol. The molecule has 258 valence electrons. The molecular formula is C54H37N. The Bertz CT molecular complexity index is 3380. The highest BCUT2D eigenvalue weighted by Crippen LogP contribution is 2.40. The molecule has 0 unspecified atom stereocenters. The predicted octanol–water partition coefficient (Wildman–Crippen LogP) is 15.3. The summed E-state index contributed by atoms with van der Waals surface area (Å²) in [7, 11) is 0. The van der Waals surface area contributed by atoms with Crippen LogP contribution in [-0.4, -0.2) is 0 Å². The summed E-state index contributed by atoms with van der Waals surface area (Å²) in [6.07, 6.45) is 0. The Morgan fingerprint density at radius 2 is 0.800 bits per heavy atom. The lowest BCUT2D eigenvalue weighted by Crippen LogP contribution is -2.09. The van der Waals surface area contributed by atoms with Crippen LogP contribution in [0.1, 0.15) is 11.0 Å². The maximum Gasteiger partial charge on any atom is 0.0645 e. The first-order chi connectivity index (χ1) is 30.6. The van der Waals surface area contributed by atoms with E-state index in [4.69, 9.17) is 0 Å². The average Bonchev–Trinajstić information content (AvgIpc) is 3.32. The van der Waals surface area contributed by atoms with Crippen molar-refractivity contribution in [1.82, 2.24) is 0 Å². The van der Waals surface area contributed by atoms with E-state index < -0.39 is 0 Å². The first-order valence-corrected chi connectivity index (χ1v) is 18.3. The first-order valence-electron chi connectivity index (χ1n) is 22.3. The minimum atomic E-state index is -0.390. The van der Waals surface area contributed by atoms with E-state index in [0.29, 0.717) is 16.8 Å². The Balaban J connectivity index is 1.17. The highest BCUT2D eigenvalue weighted by molar-refractivity contribution is 6.13. The number of hydrogen-bond donors (Lipinski definition) is 0. The zero-order valence-electron chi connectivity index (χ0n) is 37.7. The Morgan fingerprint density at radius 1 is 0.273 bits per heavy atom. The second-order valence-electron chi connectivity index (χ2n) is 13.5. The first kappa shape index (κ1) is 24.9. The van der Waals surface area contributed by atoms with E-state index in [1.54, 1.807) is 36.4 Å². The van der Waals surface area contributed by atoms with Crippen LogP contribution in [0.15, 0.2) is 224 Å². The number of fused-ring (bicyclic) bond motifs is 4. The van der Waals surface area contributed by atoms with Crippen molar-refractivity contribution < 1.29 is 11.0 Å². The van der Waals surface area contributed by atoms with Gasteiger partial charge in [-0.3, -0.25) is 0 Å². The van der Waals surface area contributed by atoms with Gasteiger partial charge in [-0.2, -0.15) is 0 Å². The van der Waals surface area contributed by atoms with Crippen molar-refractivity contribution in [2.24, 2.45) is 0 Å². The summed E-state index contributed by atoms with van der Waals surface area (Å²) in [5, 5.41) is 5.86. The molecule has 10 aromatic rings. The van der Waals surface area contributed by atoms with Crippen molar-refractivity contribution in [2.45, 2.75) is 0 Å². The zero-order chi connectivity index (χ0) is 43.5. The third-order valence-corrected chi connectivity index (χ3v) is 10.2. The van der Waals surface area contributed by atoms with Crippen LogP contribution in [0.4, 0.5) is 17.1 Å². The van der Waals surface area contributed by atoms with Crippen LogP contribution in [-0.2, 0) is 0 Å². The third-order valence-electron chi connectivity index (χ3n) is 10.2. The van der Waals surface area contributed by atoms with Crippen LogP contribution >= 0.6 is 0 Å². The van der Waals surface area contributed by atoms with Crippen LogP contribution in [0.5, 0.6) is 0 Å². The standard InChI is InChI=1S/C54H37N/c1-2-12-38(13-3-1)39-24-30-46(31-25-39)55(48-34-28-42(29-35-48)54-37-45-15-5-7-20-51(45)52-21-8-9-22-53(52)54)47-32-26-40(27-33-47)43-17-10-18-44(36-43)50-23-11-16-41-14-4-6-19-49(41)50/h1-37H/i24D,25D,28D,29D,30D,31D,34D,35D. The second kappa shape index (κ2) is 14.0. The summed E-state index contributed by atoms with van der Waals surface area (Å²) in [6.45, 7) is 0. The molecule has 0 bridgehead atoms. The highest BCUT2D eigenvalue weighted by atomic mass is 15.1. The summed E-state index contributed by atoms with van der Waals surface area (Å²) in [4.78, 5) is 1.36. The largest absolute Gasteiger partial charge is 0.311 e. The fourth-order valence-electron chi connectivity index (χ4n) is 7.50. The second-order valence-corrected chi connectivity index (χ2v) is 13.5. The molecule has 0 N–H and O–H groups in total. The van der Waals surface area contributed by atoms with Crippen LogP contribution in [0.2, 0.25) is 0 Å². The van der Waals surface area contributed by atoms with Gasteiger partial charge in [0.05, 0.1) is 11.0 Å². The maximum absolute atomic E-state index is 9.64. The summed E-state index contributed by atoms with van der Waals surface area (Å²) in [5.74, 6) is 0. The smallest absolute Gasteiger partial charge is 0.0645 e. The molecule has 0 fully saturated rings. The molecule has 0 saturated carbocycles. The number of rotatable bonds is 7. The van der Waals surface area contributed by atoms with Crippen molar-refractivity contribution in [3.05, 3.63) is 224 Å². The van der Waals surface area contributed by atoms with E-state index >= 15 is 0 Å². The quantitative estimate of drug-likeness (QED) is 0.149. The molecule has 0 saturated heterocycles. The van der Waals surface area contributed by atoms with Crippen LogP contribution in [0.3, 0.4) is 0 Å². The van der Waals surface area contributed by atoms with E-state index in [1.807, 2.05) is 103 Å². The van der Waals surface area contributed by atoms with Gasteiger partial charge in [0.25, 0.3) is 0 Å². The molecule has 1 heteroatoms. The Hall–Kier alpha value is -7.22. The molecule has 0 spiro atoms. The molecule has 0 aliphatic heterocycles. The predicted molar refractivity (Wildman–Crippen MR) is 235 cm³/mol. The van der Waals surface area contributed by atoms with Gasteiger partial charge in [-0.05, 0) is 125 Å². The lowest BCUT2D eigenvalue weighted by Gasteiger charge is -2.26. The van der Waals surface area contributed by atoms with Gasteiger partial charge in [0.1, 0.15) is 0 Å². The van der Waals surface area contributed by atoms with Gasteiger partial charge in [0.2, 0.25) is 0 Å². The van der Waals surface area contributed by atoms with Gasteiger partial charge < -0.3 is 4.90 Å². The number of anilines is 3. The molecule has 55 heavy (non-hydrogen) atoms. The van der Waals surface area contributed by atoms with Gasteiger partial charge in [0.15, 0.2) is 0 Å². The molecule has 0 radical (unpaired) electrons. The number of hydrogen-bond acceptors (Lipinski definition) is 1. The summed E-state index contributed by atoms with van der Waals surface area (Å²) < 4.78 is 75.7. The Morgan fingerprint density at radius 3 is 1.55 bits per heavy atom. The maximum atomic E-state index is 9.64. The third kappa shape index (κ3) is 6.12. The molecule has 1 nitrogen and oxygen atoms in total. The zero-order valence-corrected chi connectivity index (χ0v) is 29.7. The molecule has 0 aromatic heterocycles.